The van der Waals surface area contributed by atoms with Crippen LogP contribution in [0.4, 0.5) is 4.39 Å². The van der Waals surface area contributed by atoms with Crippen LogP contribution in [-0.4, -0.2) is 5.11 Å². The lowest BCUT2D eigenvalue weighted by molar-refractivity contribution is 0.341. The molecule has 0 unspecified atom stereocenters. The first-order valence-electron chi connectivity index (χ1n) is 3.28. The summed E-state index contributed by atoms with van der Waals surface area (Å²) in [7, 11) is 0. The third-order valence-corrected chi connectivity index (χ3v) is 1.58. The predicted molar refractivity (Wildman–Crippen MR) is 38.3 cm³/mol. The second-order valence-corrected chi connectivity index (χ2v) is 3.29. The second-order valence-electron chi connectivity index (χ2n) is 3.29. The van der Waals surface area contributed by atoms with Crippen molar-refractivity contribution in [3.8, 4) is 0 Å². The van der Waals surface area contributed by atoms with Crippen molar-refractivity contribution in [1.82, 2.24) is 0 Å². The number of rotatable bonds is 0. The van der Waals surface area contributed by atoms with Gasteiger partial charge in [-0.2, -0.15) is 0 Å². The minimum Gasteiger partial charge on any atom is -0.505 e. The molecule has 0 atom stereocenters. The van der Waals surface area contributed by atoms with Crippen LogP contribution in [0.15, 0.2) is 23.7 Å². The Balaban J connectivity index is 2.85. The van der Waals surface area contributed by atoms with Crippen LogP contribution in [0.2, 0.25) is 0 Å². The van der Waals surface area contributed by atoms with Crippen molar-refractivity contribution in [2.45, 2.75) is 20.3 Å². The van der Waals surface area contributed by atoms with Crippen molar-refractivity contribution in [2.24, 2.45) is 5.41 Å². The fourth-order valence-corrected chi connectivity index (χ4v) is 0.944. The van der Waals surface area contributed by atoms with E-state index in [0.717, 1.165) is 0 Å². The normalized spacial score (nSPS) is 23.5. The molecule has 0 spiro atoms. The molecular formula is C8H11FO. The number of hydrogen-bond donors (Lipinski definition) is 1. The summed E-state index contributed by atoms with van der Waals surface area (Å²) in [6.45, 7) is 3.85. The average Bonchev–Trinajstić information content (AvgIpc) is 1.79. The van der Waals surface area contributed by atoms with Gasteiger partial charge in [-0.15, -0.1) is 0 Å². The summed E-state index contributed by atoms with van der Waals surface area (Å²) in [6.07, 6.45) is 3.53. The Morgan fingerprint density at radius 3 is 2.60 bits per heavy atom. The fraction of sp³-hybridized carbons (Fsp3) is 0.500. The summed E-state index contributed by atoms with van der Waals surface area (Å²) >= 11 is 0. The van der Waals surface area contributed by atoms with Crippen LogP contribution in [0.1, 0.15) is 20.3 Å². The Labute approximate surface area is 59.9 Å². The molecule has 0 aliphatic heterocycles. The largest absolute Gasteiger partial charge is 0.505 e. The van der Waals surface area contributed by atoms with Crippen molar-refractivity contribution >= 4 is 0 Å². The molecule has 2 heteroatoms. The van der Waals surface area contributed by atoms with Gasteiger partial charge in [-0.05, 0) is 11.5 Å². The predicted octanol–water partition coefficient (Wildman–Crippen LogP) is 2.71. The van der Waals surface area contributed by atoms with E-state index >= 15 is 0 Å². The van der Waals surface area contributed by atoms with Crippen LogP contribution in [0, 0.1) is 5.41 Å². The van der Waals surface area contributed by atoms with E-state index in [1.807, 2.05) is 19.9 Å². The van der Waals surface area contributed by atoms with E-state index in [2.05, 4.69) is 0 Å². The molecule has 0 saturated carbocycles. The van der Waals surface area contributed by atoms with Crippen molar-refractivity contribution in [3.63, 3.8) is 0 Å². The molecule has 0 bridgehead atoms. The van der Waals surface area contributed by atoms with Gasteiger partial charge >= 0.3 is 0 Å². The average molecular weight is 142 g/mol. The van der Waals surface area contributed by atoms with Crippen LogP contribution < -0.4 is 0 Å². The standard InChI is InChI=1S/C8H11FO/c1-8(2)4-3-7(10)6(9)5-8/h3-4,10H,5H2,1-2H3. The van der Waals surface area contributed by atoms with Gasteiger partial charge in [-0.3, -0.25) is 0 Å². The Hall–Kier alpha value is -0.790. The van der Waals surface area contributed by atoms with E-state index < -0.39 is 5.83 Å². The second kappa shape index (κ2) is 2.11. The molecule has 0 radical (unpaired) electrons. The maximum absolute atomic E-state index is 12.7. The molecule has 1 nitrogen and oxygen atoms in total. The maximum atomic E-state index is 12.7. The number of aliphatic hydroxyl groups is 1. The SMILES string of the molecule is CC1(C)C=CC(O)=C(F)C1. The Morgan fingerprint density at radius 2 is 2.20 bits per heavy atom. The third-order valence-electron chi connectivity index (χ3n) is 1.58. The van der Waals surface area contributed by atoms with Gasteiger partial charge in [0.25, 0.3) is 0 Å². The maximum Gasteiger partial charge on any atom is 0.146 e. The number of hydrogen-bond acceptors (Lipinski definition) is 1. The van der Waals surface area contributed by atoms with Crippen molar-refractivity contribution in [3.05, 3.63) is 23.7 Å². The van der Waals surface area contributed by atoms with E-state index in [4.69, 9.17) is 5.11 Å². The Kier molecular flexibility index (Phi) is 1.55. The molecule has 0 saturated heterocycles. The number of aliphatic hydroxyl groups excluding tert-OH is 1. The van der Waals surface area contributed by atoms with E-state index in [0.29, 0.717) is 6.42 Å². The Morgan fingerprint density at radius 1 is 1.60 bits per heavy atom. The first-order chi connectivity index (χ1) is 4.51. The van der Waals surface area contributed by atoms with Gasteiger partial charge in [0.15, 0.2) is 0 Å². The highest BCUT2D eigenvalue weighted by molar-refractivity contribution is 5.23. The van der Waals surface area contributed by atoms with Gasteiger partial charge in [0.1, 0.15) is 11.6 Å². The van der Waals surface area contributed by atoms with Crippen LogP contribution in [-0.2, 0) is 0 Å². The first-order valence-corrected chi connectivity index (χ1v) is 3.28. The highest BCUT2D eigenvalue weighted by atomic mass is 19.1. The van der Waals surface area contributed by atoms with Gasteiger partial charge in [-0.1, -0.05) is 19.9 Å². The molecule has 0 aromatic heterocycles. The topological polar surface area (TPSA) is 20.2 Å². The van der Waals surface area contributed by atoms with Gasteiger partial charge in [0.05, 0.1) is 0 Å². The lowest BCUT2D eigenvalue weighted by Crippen LogP contribution is -2.11. The minimum atomic E-state index is -0.410. The Bertz CT molecular complexity index is 201. The zero-order valence-electron chi connectivity index (χ0n) is 6.19. The number of halogens is 1. The van der Waals surface area contributed by atoms with Crippen LogP contribution in [0.25, 0.3) is 0 Å². The zero-order valence-corrected chi connectivity index (χ0v) is 6.19. The van der Waals surface area contributed by atoms with Crippen LogP contribution >= 0.6 is 0 Å². The van der Waals surface area contributed by atoms with Crippen molar-refractivity contribution in [2.75, 3.05) is 0 Å². The lowest BCUT2D eigenvalue weighted by Gasteiger charge is -2.22. The molecule has 1 aliphatic rings. The van der Waals surface area contributed by atoms with E-state index in [-0.39, 0.29) is 11.2 Å². The lowest BCUT2D eigenvalue weighted by atomic mass is 9.85. The first kappa shape index (κ1) is 7.32. The van der Waals surface area contributed by atoms with Crippen LogP contribution in [0.3, 0.4) is 0 Å². The monoisotopic (exact) mass is 142 g/mol. The summed E-state index contributed by atoms with van der Waals surface area (Å²) in [4.78, 5) is 0. The molecule has 0 aromatic rings. The summed E-state index contributed by atoms with van der Waals surface area (Å²) in [5, 5.41) is 8.83. The highest BCUT2D eigenvalue weighted by Gasteiger charge is 2.22. The molecule has 0 amide bonds. The zero-order chi connectivity index (χ0) is 7.78. The molecular weight excluding hydrogens is 131 g/mol. The molecule has 0 aromatic carbocycles. The summed E-state index contributed by atoms with van der Waals surface area (Å²) < 4.78 is 12.7. The molecule has 0 fully saturated rings. The van der Waals surface area contributed by atoms with Crippen molar-refractivity contribution < 1.29 is 9.50 Å². The third kappa shape index (κ3) is 1.38. The van der Waals surface area contributed by atoms with Crippen molar-refractivity contribution in [1.29, 1.82) is 0 Å². The fourth-order valence-electron chi connectivity index (χ4n) is 0.944. The van der Waals surface area contributed by atoms with Gasteiger partial charge in [-0.25, -0.2) is 4.39 Å². The molecule has 1 rings (SSSR count). The van der Waals surface area contributed by atoms with Gasteiger partial charge in [0, 0.05) is 6.42 Å². The summed E-state index contributed by atoms with van der Waals surface area (Å²) in [6, 6.07) is 0. The highest BCUT2D eigenvalue weighted by Crippen LogP contribution is 2.32. The quantitative estimate of drug-likeness (QED) is 0.551. The van der Waals surface area contributed by atoms with Gasteiger partial charge < -0.3 is 5.11 Å². The minimum absolute atomic E-state index is 0.143. The summed E-state index contributed by atoms with van der Waals surface area (Å²) in [5.74, 6) is -0.633. The molecule has 56 valence electrons. The van der Waals surface area contributed by atoms with E-state index in [1.54, 1.807) is 0 Å². The van der Waals surface area contributed by atoms with E-state index in [9.17, 15) is 4.39 Å². The molecule has 1 N–H and O–H groups in total. The van der Waals surface area contributed by atoms with Crippen LogP contribution in [0.5, 0.6) is 0 Å². The molecule has 1 aliphatic carbocycles. The smallest absolute Gasteiger partial charge is 0.146 e. The molecule has 10 heavy (non-hydrogen) atoms. The number of allylic oxidation sites excluding steroid dienone is 3. The van der Waals surface area contributed by atoms with E-state index in [1.165, 1.54) is 6.08 Å². The summed E-state index contributed by atoms with van der Waals surface area (Å²) in [5.41, 5.74) is -0.143. The molecule has 0 heterocycles. The van der Waals surface area contributed by atoms with Gasteiger partial charge in [0.2, 0.25) is 0 Å².